The van der Waals surface area contributed by atoms with Gasteiger partial charge in [-0.1, -0.05) is 6.07 Å². The van der Waals surface area contributed by atoms with Gasteiger partial charge < -0.3 is 4.74 Å². The van der Waals surface area contributed by atoms with Gasteiger partial charge >= 0.3 is 5.97 Å². The molecule has 2 rings (SSSR count). The van der Waals surface area contributed by atoms with E-state index in [1.165, 1.54) is 18.2 Å². The molecule has 0 saturated heterocycles. The lowest BCUT2D eigenvalue weighted by Crippen LogP contribution is -2.06. The van der Waals surface area contributed by atoms with E-state index >= 15 is 0 Å². The van der Waals surface area contributed by atoms with Crippen LogP contribution in [-0.4, -0.2) is 5.97 Å². The zero-order chi connectivity index (χ0) is 9.97. The summed E-state index contributed by atoms with van der Waals surface area (Å²) in [6, 6.07) is 6.92. The third-order valence-electron chi connectivity index (χ3n) is 2.10. The van der Waals surface area contributed by atoms with Gasteiger partial charge in [-0.2, -0.15) is 0 Å². The van der Waals surface area contributed by atoms with Crippen LogP contribution in [-0.2, 0) is 16.1 Å². The van der Waals surface area contributed by atoms with Crippen LogP contribution < -0.4 is 0 Å². The molecule has 14 heavy (non-hydrogen) atoms. The van der Waals surface area contributed by atoms with Gasteiger partial charge in [0.15, 0.2) is 0 Å². The molecule has 1 radical (unpaired) electrons. The third kappa shape index (κ3) is 2.31. The summed E-state index contributed by atoms with van der Waals surface area (Å²) in [5, 5.41) is 0. The molecule has 0 spiro atoms. The first-order chi connectivity index (χ1) is 6.75. The quantitative estimate of drug-likeness (QED) is 0.687. The molecule has 1 fully saturated rings. The summed E-state index contributed by atoms with van der Waals surface area (Å²) >= 11 is 0. The maximum Gasteiger partial charge on any atom is 0.309 e. The zero-order valence-electron chi connectivity index (χ0n) is 7.63. The topological polar surface area (TPSA) is 26.3 Å². The number of hydrogen-bond acceptors (Lipinski definition) is 2. The molecule has 1 saturated carbocycles. The fraction of sp³-hybridized carbons (Fsp3) is 0.364. The summed E-state index contributed by atoms with van der Waals surface area (Å²) in [5.41, 5.74) is 0.569. The summed E-state index contributed by atoms with van der Waals surface area (Å²) in [7, 11) is 0. The van der Waals surface area contributed by atoms with Crippen molar-refractivity contribution in [2.24, 2.45) is 5.92 Å². The SMILES string of the molecule is O=C(OCc1[c]ccc(F)c1)C1CC1. The van der Waals surface area contributed by atoms with Gasteiger partial charge in [-0.05, 0) is 31.0 Å². The normalized spacial score (nSPS) is 15.2. The summed E-state index contributed by atoms with van der Waals surface area (Å²) in [5.74, 6) is -0.424. The molecule has 1 aliphatic rings. The zero-order valence-corrected chi connectivity index (χ0v) is 7.63. The highest BCUT2D eigenvalue weighted by molar-refractivity contribution is 5.74. The Morgan fingerprint density at radius 2 is 2.43 bits per heavy atom. The molecule has 2 nitrogen and oxygen atoms in total. The van der Waals surface area contributed by atoms with Crippen molar-refractivity contribution in [2.45, 2.75) is 19.4 Å². The van der Waals surface area contributed by atoms with E-state index in [0.717, 1.165) is 12.8 Å². The molecule has 0 aliphatic heterocycles. The highest BCUT2D eigenvalue weighted by atomic mass is 19.1. The molecule has 0 aromatic heterocycles. The number of rotatable bonds is 3. The number of ether oxygens (including phenoxy) is 1. The number of carbonyl (C=O) groups is 1. The van der Waals surface area contributed by atoms with Crippen molar-refractivity contribution >= 4 is 5.97 Å². The van der Waals surface area contributed by atoms with Crippen LogP contribution in [0.3, 0.4) is 0 Å². The van der Waals surface area contributed by atoms with Gasteiger partial charge in [0, 0.05) is 5.56 Å². The molecule has 0 atom stereocenters. The Morgan fingerprint density at radius 3 is 3.07 bits per heavy atom. The molecule has 0 heterocycles. The van der Waals surface area contributed by atoms with Gasteiger partial charge in [0.05, 0.1) is 5.92 Å². The summed E-state index contributed by atoms with van der Waals surface area (Å²) < 4.78 is 17.7. The Hall–Kier alpha value is -1.38. The van der Waals surface area contributed by atoms with Gasteiger partial charge in [0.2, 0.25) is 0 Å². The lowest BCUT2D eigenvalue weighted by Gasteiger charge is -2.03. The fourth-order valence-electron chi connectivity index (χ4n) is 1.15. The molecule has 73 valence electrons. The number of halogens is 1. The Kier molecular flexibility index (Phi) is 2.48. The first-order valence-corrected chi connectivity index (χ1v) is 4.58. The Morgan fingerprint density at radius 1 is 1.64 bits per heavy atom. The molecular formula is C11H10FO2. The molecule has 0 bridgehead atoms. The summed E-state index contributed by atoms with van der Waals surface area (Å²) in [4.78, 5) is 11.1. The Balaban J connectivity index is 1.87. The van der Waals surface area contributed by atoms with Crippen molar-refractivity contribution < 1.29 is 13.9 Å². The van der Waals surface area contributed by atoms with Crippen molar-refractivity contribution in [3.8, 4) is 0 Å². The molecule has 1 aromatic carbocycles. The average molecular weight is 193 g/mol. The molecule has 0 amide bonds. The van der Waals surface area contributed by atoms with E-state index in [1.807, 2.05) is 0 Å². The second kappa shape index (κ2) is 3.78. The minimum absolute atomic E-state index is 0.0866. The number of benzene rings is 1. The monoisotopic (exact) mass is 193 g/mol. The van der Waals surface area contributed by atoms with Gasteiger partial charge in [0.25, 0.3) is 0 Å². The minimum Gasteiger partial charge on any atom is -0.461 e. The third-order valence-corrected chi connectivity index (χ3v) is 2.10. The molecule has 0 N–H and O–H groups in total. The largest absolute Gasteiger partial charge is 0.461 e. The number of carbonyl (C=O) groups excluding carboxylic acids is 1. The van der Waals surface area contributed by atoms with Crippen molar-refractivity contribution in [2.75, 3.05) is 0 Å². The van der Waals surface area contributed by atoms with Crippen LogP contribution in [0, 0.1) is 17.8 Å². The smallest absolute Gasteiger partial charge is 0.309 e. The maximum atomic E-state index is 12.7. The van der Waals surface area contributed by atoms with Crippen LogP contribution in [0.1, 0.15) is 18.4 Å². The second-order valence-electron chi connectivity index (χ2n) is 3.41. The van der Waals surface area contributed by atoms with E-state index in [1.54, 1.807) is 0 Å². The second-order valence-corrected chi connectivity index (χ2v) is 3.41. The Bertz CT molecular complexity index is 345. The average Bonchev–Trinajstić information content (AvgIpc) is 2.97. The van der Waals surface area contributed by atoms with E-state index < -0.39 is 0 Å². The van der Waals surface area contributed by atoms with Crippen LogP contribution in [0.15, 0.2) is 18.2 Å². The fourth-order valence-corrected chi connectivity index (χ4v) is 1.15. The van der Waals surface area contributed by atoms with Crippen LogP contribution >= 0.6 is 0 Å². The van der Waals surface area contributed by atoms with Crippen LogP contribution in [0.2, 0.25) is 0 Å². The molecule has 0 unspecified atom stereocenters. The molecule has 3 heteroatoms. The van der Waals surface area contributed by atoms with E-state index in [-0.39, 0.29) is 24.3 Å². The summed E-state index contributed by atoms with van der Waals surface area (Å²) in [6.07, 6.45) is 1.84. The maximum absolute atomic E-state index is 12.7. The van der Waals surface area contributed by atoms with Gasteiger partial charge in [-0.15, -0.1) is 0 Å². The first-order valence-electron chi connectivity index (χ1n) is 4.58. The molecule has 1 aliphatic carbocycles. The predicted octanol–water partition coefficient (Wildman–Crippen LogP) is 2.08. The molecule has 1 aromatic rings. The van der Waals surface area contributed by atoms with E-state index in [0.29, 0.717) is 5.56 Å². The van der Waals surface area contributed by atoms with Crippen LogP contribution in [0.4, 0.5) is 4.39 Å². The van der Waals surface area contributed by atoms with Crippen molar-refractivity contribution in [1.29, 1.82) is 0 Å². The van der Waals surface area contributed by atoms with Crippen molar-refractivity contribution in [3.05, 3.63) is 35.6 Å². The number of esters is 1. The number of hydrogen-bond donors (Lipinski definition) is 0. The summed E-state index contributed by atoms with van der Waals surface area (Å²) in [6.45, 7) is 0.118. The van der Waals surface area contributed by atoms with Crippen molar-refractivity contribution in [3.63, 3.8) is 0 Å². The molecular weight excluding hydrogens is 183 g/mol. The lowest BCUT2D eigenvalue weighted by atomic mass is 10.2. The standard InChI is InChI=1S/C11H10FO2/c12-10-3-1-2-8(6-10)7-14-11(13)9-4-5-9/h1,3,6,9H,4-5,7H2. The minimum atomic E-state index is -0.332. The van der Waals surface area contributed by atoms with Gasteiger partial charge in [-0.25, -0.2) is 4.39 Å². The van der Waals surface area contributed by atoms with E-state index in [2.05, 4.69) is 6.07 Å². The van der Waals surface area contributed by atoms with Crippen molar-refractivity contribution in [1.82, 2.24) is 0 Å². The lowest BCUT2D eigenvalue weighted by molar-refractivity contribution is -0.146. The highest BCUT2D eigenvalue weighted by Gasteiger charge is 2.31. The highest BCUT2D eigenvalue weighted by Crippen LogP contribution is 2.30. The van der Waals surface area contributed by atoms with Gasteiger partial charge in [0.1, 0.15) is 12.4 Å². The van der Waals surface area contributed by atoms with Crippen LogP contribution in [0.5, 0.6) is 0 Å². The Labute approximate surface area is 81.7 Å². The van der Waals surface area contributed by atoms with Crippen LogP contribution in [0.25, 0.3) is 0 Å². The van der Waals surface area contributed by atoms with E-state index in [9.17, 15) is 9.18 Å². The van der Waals surface area contributed by atoms with E-state index in [4.69, 9.17) is 4.74 Å². The predicted molar refractivity (Wildman–Crippen MR) is 47.8 cm³/mol. The first kappa shape index (κ1) is 9.19. The van der Waals surface area contributed by atoms with Gasteiger partial charge in [-0.3, -0.25) is 4.79 Å².